The molecule has 0 saturated carbocycles. The van der Waals surface area contributed by atoms with Crippen LogP contribution in [0.4, 0.5) is 0 Å². The number of carbonyl (C=O) groups is 1. The van der Waals surface area contributed by atoms with Crippen molar-refractivity contribution in [2.24, 2.45) is 5.92 Å². The van der Waals surface area contributed by atoms with Crippen molar-refractivity contribution in [3.63, 3.8) is 0 Å². The highest BCUT2D eigenvalue weighted by molar-refractivity contribution is 5.75. The average Bonchev–Trinajstić information content (AvgIpc) is 1.93. The summed E-state index contributed by atoms with van der Waals surface area (Å²) in [5, 5.41) is 3.19. The zero-order valence-corrected chi connectivity index (χ0v) is 7.02. The Balaban J connectivity index is 2.28. The van der Waals surface area contributed by atoms with Crippen LogP contribution in [0, 0.1) is 5.92 Å². The number of ketones is 1. The molecular weight excluding hydrogens is 138 g/mol. The van der Waals surface area contributed by atoms with Gasteiger partial charge < -0.3 is 10.1 Å². The van der Waals surface area contributed by atoms with E-state index in [1.54, 1.807) is 6.92 Å². The molecule has 0 radical (unpaired) electrons. The molecule has 2 heteroatoms. The number of rotatable bonds is 2. The Morgan fingerprint density at radius 1 is 1.82 bits per heavy atom. The van der Waals surface area contributed by atoms with Crippen LogP contribution in [0.15, 0.2) is 12.3 Å². The van der Waals surface area contributed by atoms with E-state index in [1.165, 1.54) is 0 Å². The Morgan fingerprint density at radius 2 is 2.55 bits per heavy atom. The molecule has 0 aromatic rings. The van der Waals surface area contributed by atoms with Gasteiger partial charge in [0.15, 0.2) is 0 Å². The number of nitrogens with one attached hydrogen (secondary N) is 1. The van der Waals surface area contributed by atoms with Gasteiger partial charge in [-0.15, -0.1) is 0 Å². The van der Waals surface area contributed by atoms with Gasteiger partial charge in [-0.2, -0.15) is 0 Å². The normalized spacial score (nSPS) is 24.5. The van der Waals surface area contributed by atoms with E-state index in [0.717, 1.165) is 31.5 Å². The van der Waals surface area contributed by atoms with Gasteiger partial charge in [-0.3, -0.25) is 0 Å². The van der Waals surface area contributed by atoms with E-state index in [-0.39, 0.29) is 0 Å². The van der Waals surface area contributed by atoms with Crippen LogP contribution in [0.5, 0.6) is 0 Å². The molecule has 11 heavy (non-hydrogen) atoms. The van der Waals surface area contributed by atoms with Crippen LogP contribution in [0.2, 0.25) is 0 Å². The van der Waals surface area contributed by atoms with Crippen LogP contribution in [-0.2, 0) is 4.79 Å². The zero-order valence-electron chi connectivity index (χ0n) is 7.02. The van der Waals surface area contributed by atoms with Crippen LogP contribution < -0.4 is 5.32 Å². The lowest BCUT2D eigenvalue weighted by molar-refractivity contribution is -0.117. The molecule has 1 unspecified atom stereocenters. The predicted octanol–water partition coefficient (Wildman–Crippen LogP) is 1.48. The van der Waals surface area contributed by atoms with E-state index >= 15 is 0 Å². The predicted molar refractivity (Wildman–Crippen MR) is 45.2 cm³/mol. The Hall–Kier alpha value is -0.790. The molecule has 0 aliphatic carbocycles. The van der Waals surface area contributed by atoms with Crippen molar-refractivity contribution >= 4 is 5.78 Å². The fourth-order valence-corrected chi connectivity index (χ4v) is 1.44. The second kappa shape index (κ2) is 3.56. The summed E-state index contributed by atoms with van der Waals surface area (Å²) in [6, 6.07) is 0. The third-order valence-electron chi connectivity index (χ3n) is 2.07. The van der Waals surface area contributed by atoms with Crippen molar-refractivity contribution in [2.45, 2.75) is 26.2 Å². The summed E-state index contributed by atoms with van der Waals surface area (Å²) in [5.41, 5.74) is 1.12. The van der Waals surface area contributed by atoms with Crippen molar-refractivity contribution < 1.29 is 4.79 Å². The first-order valence-corrected chi connectivity index (χ1v) is 4.09. The van der Waals surface area contributed by atoms with Gasteiger partial charge in [0, 0.05) is 18.7 Å². The lowest BCUT2D eigenvalue weighted by Gasteiger charge is -2.23. The highest BCUT2D eigenvalue weighted by Gasteiger charge is 2.15. The Labute approximate surface area is 67.7 Å². The summed E-state index contributed by atoms with van der Waals surface area (Å²) in [5.74, 6) is 0.835. The molecule has 1 rings (SSSR count). The molecule has 1 fully saturated rings. The first-order valence-electron chi connectivity index (χ1n) is 4.09. The van der Waals surface area contributed by atoms with Gasteiger partial charge in [-0.1, -0.05) is 6.58 Å². The SMILES string of the molecule is C=C1CCC(CC(C)=O)CN1. The van der Waals surface area contributed by atoms with E-state index in [1.807, 2.05) is 0 Å². The largest absolute Gasteiger partial charge is 0.389 e. The second-order valence-electron chi connectivity index (χ2n) is 3.30. The van der Waals surface area contributed by atoms with Gasteiger partial charge in [0.25, 0.3) is 0 Å². The quantitative estimate of drug-likeness (QED) is 0.651. The van der Waals surface area contributed by atoms with Gasteiger partial charge in [-0.25, -0.2) is 0 Å². The fraction of sp³-hybridized carbons (Fsp3) is 0.667. The summed E-state index contributed by atoms with van der Waals surface area (Å²) in [6.45, 7) is 6.42. The smallest absolute Gasteiger partial charge is 0.130 e. The lowest BCUT2D eigenvalue weighted by atomic mass is 9.93. The number of hydrogen-bond acceptors (Lipinski definition) is 2. The van der Waals surface area contributed by atoms with Crippen molar-refractivity contribution in [3.05, 3.63) is 12.3 Å². The number of Topliss-reactive ketones (excluding diaryl/α,β-unsaturated/α-hetero) is 1. The molecule has 1 atom stereocenters. The zero-order chi connectivity index (χ0) is 8.27. The summed E-state index contributed by atoms with van der Waals surface area (Å²) < 4.78 is 0. The van der Waals surface area contributed by atoms with Gasteiger partial charge in [0.1, 0.15) is 5.78 Å². The molecule has 2 nitrogen and oxygen atoms in total. The van der Waals surface area contributed by atoms with Gasteiger partial charge in [-0.05, 0) is 25.7 Å². The molecule has 0 aromatic heterocycles. The number of carbonyl (C=O) groups excluding carboxylic acids is 1. The average molecular weight is 153 g/mol. The van der Waals surface area contributed by atoms with Gasteiger partial charge in [0.2, 0.25) is 0 Å². The molecule has 0 bridgehead atoms. The van der Waals surface area contributed by atoms with E-state index in [9.17, 15) is 4.79 Å². The molecule has 0 amide bonds. The Kier molecular flexibility index (Phi) is 2.69. The highest BCUT2D eigenvalue weighted by atomic mass is 16.1. The first-order chi connectivity index (χ1) is 5.18. The van der Waals surface area contributed by atoms with Crippen LogP contribution in [-0.4, -0.2) is 12.3 Å². The second-order valence-corrected chi connectivity index (χ2v) is 3.30. The number of hydrogen-bond donors (Lipinski definition) is 1. The summed E-state index contributed by atoms with van der Waals surface area (Å²) in [4.78, 5) is 10.7. The maximum Gasteiger partial charge on any atom is 0.130 e. The first kappa shape index (κ1) is 8.31. The molecule has 0 aromatic carbocycles. The summed E-state index contributed by atoms with van der Waals surface area (Å²) in [6.07, 6.45) is 2.86. The molecule has 62 valence electrons. The van der Waals surface area contributed by atoms with E-state index in [4.69, 9.17) is 0 Å². The van der Waals surface area contributed by atoms with E-state index < -0.39 is 0 Å². The maximum atomic E-state index is 10.7. The van der Waals surface area contributed by atoms with Crippen molar-refractivity contribution in [3.8, 4) is 0 Å². The minimum absolute atomic E-state index is 0.296. The molecule has 1 aliphatic heterocycles. The highest BCUT2D eigenvalue weighted by Crippen LogP contribution is 2.18. The summed E-state index contributed by atoms with van der Waals surface area (Å²) >= 11 is 0. The van der Waals surface area contributed by atoms with Crippen LogP contribution in [0.3, 0.4) is 0 Å². The van der Waals surface area contributed by atoms with Crippen molar-refractivity contribution in [1.82, 2.24) is 5.32 Å². The topological polar surface area (TPSA) is 29.1 Å². The number of allylic oxidation sites excluding steroid dienone is 1. The maximum absolute atomic E-state index is 10.7. The van der Waals surface area contributed by atoms with Crippen LogP contribution >= 0.6 is 0 Å². The monoisotopic (exact) mass is 153 g/mol. The third kappa shape index (κ3) is 2.74. The van der Waals surface area contributed by atoms with Crippen molar-refractivity contribution in [1.29, 1.82) is 0 Å². The van der Waals surface area contributed by atoms with E-state index in [0.29, 0.717) is 11.7 Å². The third-order valence-corrected chi connectivity index (χ3v) is 2.07. The minimum atomic E-state index is 0.296. The summed E-state index contributed by atoms with van der Waals surface area (Å²) in [7, 11) is 0. The Bertz CT molecular complexity index is 164. The molecular formula is C9H15NO. The fourth-order valence-electron chi connectivity index (χ4n) is 1.44. The van der Waals surface area contributed by atoms with Gasteiger partial charge >= 0.3 is 0 Å². The standard InChI is InChI=1S/C9H15NO/c1-7-3-4-9(6-10-7)5-8(2)11/h9-10H,1,3-6H2,2H3. The van der Waals surface area contributed by atoms with E-state index in [2.05, 4.69) is 11.9 Å². The molecule has 1 heterocycles. The van der Waals surface area contributed by atoms with Crippen LogP contribution in [0.25, 0.3) is 0 Å². The van der Waals surface area contributed by atoms with Crippen molar-refractivity contribution in [2.75, 3.05) is 6.54 Å². The molecule has 0 spiro atoms. The molecule has 1 saturated heterocycles. The minimum Gasteiger partial charge on any atom is -0.389 e. The van der Waals surface area contributed by atoms with Gasteiger partial charge in [0.05, 0.1) is 0 Å². The molecule has 1 N–H and O–H groups in total. The van der Waals surface area contributed by atoms with Crippen LogP contribution in [0.1, 0.15) is 26.2 Å². The molecule has 1 aliphatic rings. The number of piperidine rings is 1. The lowest BCUT2D eigenvalue weighted by Crippen LogP contribution is -2.28. The Morgan fingerprint density at radius 3 is 3.00 bits per heavy atom.